The minimum Gasteiger partial charge on any atom is -0.298 e. The first-order valence-electron chi connectivity index (χ1n) is 8.69. The summed E-state index contributed by atoms with van der Waals surface area (Å²) in [6, 6.07) is 28.8. The monoisotopic (exact) mass is 327 g/mol. The molecule has 0 spiro atoms. The molecule has 1 saturated heterocycles. The van der Waals surface area contributed by atoms with Gasteiger partial charge in [0.25, 0.3) is 0 Å². The van der Waals surface area contributed by atoms with Crippen LogP contribution in [0.3, 0.4) is 0 Å². The first-order chi connectivity index (χ1) is 12.2. The normalized spacial score (nSPS) is 20.0. The van der Waals surface area contributed by atoms with Crippen LogP contribution >= 0.6 is 0 Å². The Morgan fingerprint density at radius 2 is 1.36 bits per heavy atom. The fourth-order valence-electron chi connectivity index (χ4n) is 3.73. The van der Waals surface area contributed by atoms with Gasteiger partial charge >= 0.3 is 0 Å². The number of carbonyl (C=O) groups is 1. The van der Waals surface area contributed by atoms with Crippen molar-refractivity contribution in [2.24, 2.45) is 5.92 Å². The first-order valence-corrected chi connectivity index (χ1v) is 8.69. The van der Waals surface area contributed by atoms with Crippen molar-refractivity contribution in [1.82, 2.24) is 4.90 Å². The molecule has 1 heterocycles. The molecule has 1 fully saturated rings. The van der Waals surface area contributed by atoms with Gasteiger partial charge in [-0.05, 0) is 23.7 Å². The van der Waals surface area contributed by atoms with E-state index in [0.29, 0.717) is 0 Å². The molecule has 2 heteroatoms. The maximum absolute atomic E-state index is 13.0. The van der Waals surface area contributed by atoms with Crippen LogP contribution in [0.25, 0.3) is 11.1 Å². The third-order valence-electron chi connectivity index (χ3n) is 5.10. The van der Waals surface area contributed by atoms with Gasteiger partial charge in [0, 0.05) is 18.2 Å². The second-order valence-corrected chi connectivity index (χ2v) is 6.71. The highest BCUT2D eigenvalue weighted by molar-refractivity contribution is 5.99. The molecule has 0 bridgehead atoms. The summed E-state index contributed by atoms with van der Waals surface area (Å²) >= 11 is 0. The van der Waals surface area contributed by atoms with Gasteiger partial charge in [0.05, 0.1) is 5.92 Å². The standard InChI is InChI=1S/C23H21NO/c1-24-16-21(22(24)19-10-6-3-7-11-19)23(25)20-14-12-18(13-15-20)17-8-4-2-5-9-17/h2-15,21-22H,16H2,1H3/t21-,22+/m0/s1. The van der Waals surface area contributed by atoms with Gasteiger partial charge in [0.2, 0.25) is 0 Å². The van der Waals surface area contributed by atoms with Crippen LogP contribution in [-0.2, 0) is 0 Å². The predicted molar refractivity (Wildman–Crippen MR) is 102 cm³/mol. The highest BCUT2D eigenvalue weighted by Crippen LogP contribution is 2.39. The van der Waals surface area contributed by atoms with Gasteiger partial charge in [-0.15, -0.1) is 0 Å². The van der Waals surface area contributed by atoms with Gasteiger partial charge in [-0.25, -0.2) is 0 Å². The quantitative estimate of drug-likeness (QED) is 0.639. The van der Waals surface area contributed by atoms with E-state index >= 15 is 0 Å². The lowest BCUT2D eigenvalue weighted by Gasteiger charge is -2.45. The Labute approximate surface area is 148 Å². The maximum atomic E-state index is 13.0. The molecular formula is C23H21NO. The number of hydrogen-bond acceptors (Lipinski definition) is 2. The number of carbonyl (C=O) groups excluding carboxylic acids is 1. The molecule has 0 unspecified atom stereocenters. The van der Waals surface area contributed by atoms with E-state index in [1.165, 1.54) is 11.1 Å². The van der Waals surface area contributed by atoms with Crippen LogP contribution in [0.4, 0.5) is 0 Å². The molecule has 0 N–H and O–H groups in total. The largest absolute Gasteiger partial charge is 0.298 e. The average Bonchev–Trinajstić information content (AvgIpc) is 2.67. The molecule has 1 aliphatic rings. The van der Waals surface area contributed by atoms with Crippen molar-refractivity contribution in [1.29, 1.82) is 0 Å². The number of ketones is 1. The zero-order valence-electron chi connectivity index (χ0n) is 14.3. The van der Waals surface area contributed by atoms with Crippen molar-refractivity contribution in [2.45, 2.75) is 6.04 Å². The third-order valence-corrected chi connectivity index (χ3v) is 5.10. The van der Waals surface area contributed by atoms with E-state index in [4.69, 9.17) is 0 Å². The molecule has 0 saturated carbocycles. The van der Waals surface area contributed by atoms with Crippen molar-refractivity contribution in [3.05, 3.63) is 96.1 Å². The average molecular weight is 327 g/mol. The van der Waals surface area contributed by atoms with Gasteiger partial charge in [-0.3, -0.25) is 9.69 Å². The molecule has 0 radical (unpaired) electrons. The molecule has 3 aromatic rings. The lowest BCUT2D eigenvalue weighted by Crippen LogP contribution is -2.50. The molecular weight excluding hydrogens is 306 g/mol. The summed E-state index contributed by atoms with van der Waals surface area (Å²) in [7, 11) is 2.08. The van der Waals surface area contributed by atoms with Gasteiger partial charge in [0.1, 0.15) is 0 Å². The van der Waals surface area contributed by atoms with Crippen LogP contribution in [-0.4, -0.2) is 24.3 Å². The fourth-order valence-corrected chi connectivity index (χ4v) is 3.73. The highest BCUT2D eigenvalue weighted by Gasteiger charge is 2.42. The number of Topliss-reactive ketones (excluding diaryl/α,β-unsaturated/α-hetero) is 1. The number of rotatable bonds is 4. The topological polar surface area (TPSA) is 20.3 Å². The summed E-state index contributed by atoms with van der Waals surface area (Å²) in [6.07, 6.45) is 0. The van der Waals surface area contributed by atoms with Crippen LogP contribution in [0, 0.1) is 5.92 Å². The van der Waals surface area contributed by atoms with Crippen LogP contribution in [0.15, 0.2) is 84.9 Å². The third kappa shape index (κ3) is 3.01. The molecule has 4 rings (SSSR count). The molecule has 25 heavy (non-hydrogen) atoms. The predicted octanol–water partition coefficient (Wildman–Crippen LogP) is 4.84. The van der Waals surface area contributed by atoms with E-state index in [0.717, 1.165) is 17.7 Å². The lowest BCUT2D eigenvalue weighted by atomic mass is 9.79. The Hall–Kier alpha value is -2.71. The second kappa shape index (κ2) is 6.66. The Morgan fingerprint density at radius 3 is 1.96 bits per heavy atom. The van der Waals surface area contributed by atoms with E-state index in [1.807, 2.05) is 60.7 Å². The Bertz CT molecular complexity index is 856. The summed E-state index contributed by atoms with van der Waals surface area (Å²) in [6.45, 7) is 0.818. The van der Waals surface area contributed by atoms with Crippen LogP contribution < -0.4 is 0 Å². The van der Waals surface area contributed by atoms with Crippen LogP contribution in [0.1, 0.15) is 22.0 Å². The molecule has 0 aromatic heterocycles. The zero-order chi connectivity index (χ0) is 17.2. The minimum absolute atomic E-state index is 0.0370. The maximum Gasteiger partial charge on any atom is 0.169 e. The summed E-state index contributed by atoms with van der Waals surface area (Å²) in [5, 5.41) is 0. The molecule has 0 aliphatic carbocycles. The van der Waals surface area contributed by atoms with Crippen molar-refractivity contribution >= 4 is 5.78 Å². The highest BCUT2D eigenvalue weighted by atomic mass is 16.1. The van der Waals surface area contributed by atoms with Crippen LogP contribution in [0.2, 0.25) is 0 Å². The summed E-state index contributed by atoms with van der Waals surface area (Å²) < 4.78 is 0. The van der Waals surface area contributed by atoms with Gasteiger partial charge in [-0.1, -0.05) is 84.9 Å². The molecule has 2 nitrogen and oxygen atoms in total. The van der Waals surface area contributed by atoms with E-state index in [1.54, 1.807) is 0 Å². The SMILES string of the molecule is CN1C[C@H](C(=O)c2ccc(-c3ccccc3)cc2)[C@H]1c1ccccc1. The smallest absolute Gasteiger partial charge is 0.169 e. The summed E-state index contributed by atoms with van der Waals surface area (Å²) in [4.78, 5) is 15.2. The number of benzene rings is 3. The number of hydrogen-bond donors (Lipinski definition) is 0. The second-order valence-electron chi connectivity index (χ2n) is 6.71. The van der Waals surface area contributed by atoms with E-state index < -0.39 is 0 Å². The summed E-state index contributed by atoms with van der Waals surface area (Å²) in [5.41, 5.74) is 4.34. The van der Waals surface area contributed by atoms with Crippen molar-refractivity contribution in [2.75, 3.05) is 13.6 Å². The Kier molecular flexibility index (Phi) is 4.21. The molecule has 124 valence electrons. The Morgan fingerprint density at radius 1 is 0.800 bits per heavy atom. The molecule has 2 atom stereocenters. The van der Waals surface area contributed by atoms with Gasteiger partial charge < -0.3 is 0 Å². The molecule has 1 aliphatic heterocycles. The van der Waals surface area contributed by atoms with E-state index in [9.17, 15) is 4.79 Å². The number of likely N-dealkylation sites (tertiary alicyclic amines) is 1. The Balaban J connectivity index is 1.55. The van der Waals surface area contributed by atoms with Gasteiger partial charge in [-0.2, -0.15) is 0 Å². The van der Waals surface area contributed by atoms with E-state index in [-0.39, 0.29) is 17.7 Å². The molecule has 3 aromatic carbocycles. The molecule has 0 amide bonds. The first kappa shape index (κ1) is 15.8. The minimum atomic E-state index is 0.0370. The van der Waals surface area contributed by atoms with Crippen molar-refractivity contribution in [3.8, 4) is 11.1 Å². The number of nitrogens with zero attached hydrogens (tertiary/aromatic N) is 1. The van der Waals surface area contributed by atoms with E-state index in [2.05, 4.69) is 36.2 Å². The lowest BCUT2D eigenvalue weighted by molar-refractivity contribution is 0.0341. The van der Waals surface area contributed by atoms with Crippen LogP contribution in [0.5, 0.6) is 0 Å². The van der Waals surface area contributed by atoms with Crippen molar-refractivity contribution < 1.29 is 4.79 Å². The fraction of sp³-hybridized carbons (Fsp3) is 0.174. The van der Waals surface area contributed by atoms with Crippen molar-refractivity contribution in [3.63, 3.8) is 0 Å². The van der Waals surface area contributed by atoms with Gasteiger partial charge in [0.15, 0.2) is 5.78 Å². The summed E-state index contributed by atoms with van der Waals surface area (Å²) in [5.74, 6) is 0.279. The zero-order valence-corrected chi connectivity index (χ0v) is 14.3.